The van der Waals surface area contributed by atoms with Crippen molar-refractivity contribution in [3.8, 4) is 28.7 Å². The molecule has 0 spiro atoms. The largest absolute Gasteiger partial charge is 0.496 e. The summed E-state index contributed by atoms with van der Waals surface area (Å²) in [5, 5.41) is 0. The molecule has 0 bridgehead atoms. The van der Waals surface area contributed by atoms with E-state index in [0.717, 1.165) is 17.1 Å². The molecule has 0 aliphatic carbocycles. The van der Waals surface area contributed by atoms with Gasteiger partial charge in [0.05, 0.1) is 27.9 Å². The lowest BCUT2D eigenvalue weighted by molar-refractivity contribution is 0.0973. The van der Waals surface area contributed by atoms with Gasteiger partial charge in [0.15, 0.2) is 29.1 Å². The van der Waals surface area contributed by atoms with E-state index in [1.54, 1.807) is 33.6 Å². The molecule has 1 atom stereocenters. The van der Waals surface area contributed by atoms with Crippen molar-refractivity contribution in [3.63, 3.8) is 0 Å². The molecule has 6 nitrogen and oxygen atoms in total. The second-order valence-corrected chi connectivity index (χ2v) is 5.44. The van der Waals surface area contributed by atoms with E-state index < -0.39 is 0 Å². The van der Waals surface area contributed by atoms with Gasteiger partial charge in [0.25, 0.3) is 0 Å². The summed E-state index contributed by atoms with van der Waals surface area (Å²) >= 11 is 0. The molecule has 0 aromatic heterocycles. The van der Waals surface area contributed by atoms with Gasteiger partial charge in [-0.1, -0.05) is 12.1 Å². The first kappa shape index (κ1) is 17.0. The minimum atomic E-state index is -0.128. The van der Waals surface area contributed by atoms with Gasteiger partial charge in [0, 0.05) is 17.8 Å². The minimum absolute atomic E-state index is 0.128. The van der Waals surface area contributed by atoms with Crippen molar-refractivity contribution in [1.82, 2.24) is 0 Å². The normalized spacial score (nSPS) is 15.9. The molecule has 1 heterocycles. The lowest BCUT2D eigenvalue weighted by atomic mass is 10.2. The van der Waals surface area contributed by atoms with Gasteiger partial charge < -0.3 is 23.7 Å². The molecular weight excluding hydrogens is 322 g/mol. The molecule has 2 aromatic carbocycles. The van der Waals surface area contributed by atoms with E-state index in [1.165, 1.54) is 0 Å². The first-order valence-electron chi connectivity index (χ1n) is 7.93. The zero-order chi connectivity index (χ0) is 17.6. The Labute approximate surface area is 147 Å². The highest BCUT2D eigenvalue weighted by Crippen LogP contribution is 2.34. The Hall–Kier alpha value is -2.89. The van der Waals surface area contributed by atoms with Crippen LogP contribution in [-0.4, -0.2) is 46.8 Å². The SMILES string of the molecule is COc1cc(OC)c(OC)cc1C=NC[C@H]1COc2ccccc2O1. The quantitative estimate of drug-likeness (QED) is 0.755. The Morgan fingerprint density at radius 1 is 1.00 bits per heavy atom. The van der Waals surface area contributed by atoms with Gasteiger partial charge >= 0.3 is 0 Å². The molecule has 0 N–H and O–H groups in total. The highest BCUT2D eigenvalue weighted by Gasteiger charge is 2.20. The van der Waals surface area contributed by atoms with Crippen LogP contribution in [0, 0.1) is 0 Å². The van der Waals surface area contributed by atoms with Crippen molar-refractivity contribution < 1.29 is 23.7 Å². The fourth-order valence-electron chi connectivity index (χ4n) is 2.58. The molecule has 3 rings (SSSR count). The minimum Gasteiger partial charge on any atom is -0.496 e. The van der Waals surface area contributed by atoms with Crippen molar-refractivity contribution >= 4 is 6.21 Å². The molecule has 132 valence electrons. The number of hydrogen-bond acceptors (Lipinski definition) is 6. The Balaban J connectivity index is 1.70. The number of methoxy groups -OCH3 is 3. The molecule has 0 saturated carbocycles. The molecule has 0 radical (unpaired) electrons. The Bertz CT molecular complexity index is 759. The Morgan fingerprint density at radius 3 is 2.40 bits per heavy atom. The maximum atomic E-state index is 5.89. The maximum Gasteiger partial charge on any atom is 0.164 e. The summed E-state index contributed by atoms with van der Waals surface area (Å²) in [5.74, 6) is 3.41. The van der Waals surface area contributed by atoms with E-state index in [9.17, 15) is 0 Å². The van der Waals surface area contributed by atoms with Crippen molar-refractivity contribution in [2.45, 2.75) is 6.10 Å². The monoisotopic (exact) mass is 343 g/mol. The second kappa shape index (κ2) is 7.79. The van der Waals surface area contributed by atoms with Gasteiger partial charge in [-0.2, -0.15) is 0 Å². The molecule has 0 unspecified atom stereocenters. The van der Waals surface area contributed by atoms with Crippen LogP contribution in [0.25, 0.3) is 0 Å². The number of benzene rings is 2. The molecule has 1 aliphatic rings. The summed E-state index contributed by atoms with van der Waals surface area (Å²) in [7, 11) is 4.78. The van der Waals surface area contributed by atoms with Crippen LogP contribution in [0.15, 0.2) is 41.4 Å². The molecule has 6 heteroatoms. The van der Waals surface area contributed by atoms with Gasteiger partial charge in [-0.15, -0.1) is 0 Å². The number of fused-ring (bicyclic) bond motifs is 1. The first-order valence-corrected chi connectivity index (χ1v) is 7.93. The van der Waals surface area contributed by atoms with Crippen LogP contribution in [0.2, 0.25) is 0 Å². The van der Waals surface area contributed by atoms with E-state index in [-0.39, 0.29) is 6.10 Å². The standard InChI is InChI=1S/C19H21NO5/c1-21-17-9-19(23-3)18(22-2)8-13(17)10-20-11-14-12-24-15-6-4-5-7-16(15)25-14/h4-10,14H,11-12H2,1-3H3/t14-/m0/s1. The van der Waals surface area contributed by atoms with Gasteiger partial charge in [0.1, 0.15) is 12.4 Å². The van der Waals surface area contributed by atoms with Crippen molar-refractivity contribution in [2.24, 2.45) is 4.99 Å². The number of nitrogens with zero attached hydrogens (tertiary/aromatic N) is 1. The summed E-state index contributed by atoms with van der Waals surface area (Å²) < 4.78 is 27.6. The molecule has 0 fully saturated rings. The zero-order valence-corrected chi connectivity index (χ0v) is 14.5. The average Bonchev–Trinajstić information content (AvgIpc) is 2.67. The van der Waals surface area contributed by atoms with Crippen LogP contribution < -0.4 is 23.7 Å². The summed E-state index contributed by atoms with van der Waals surface area (Å²) in [6.07, 6.45) is 1.61. The van der Waals surface area contributed by atoms with Gasteiger partial charge in [-0.05, 0) is 18.2 Å². The van der Waals surface area contributed by atoms with Crippen LogP contribution in [0.5, 0.6) is 28.7 Å². The van der Waals surface area contributed by atoms with Crippen molar-refractivity contribution in [2.75, 3.05) is 34.5 Å². The zero-order valence-electron chi connectivity index (χ0n) is 14.5. The van der Waals surface area contributed by atoms with Crippen LogP contribution in [-0.2, 0) is 0 Å². The predicted molar refractivity (Wildman–Crippen MR) is 94.9 cm³/mol. The van der Waals surface area contributed by atoms with E-state index in [2.05, 4.69) is 4.99 Å². The molecule has 2 aromatic rings. The Kier molecular flexibility index (Phi) is 5.28. The lowest BCUT2D eigenvalue weighted by Gasteiger charge is -2.25. The highest BCUT2D eigenvalue weighted by atomic mass is 16.6. The van der Waals surface area contributed by atoms with Gasteiger partial charge in [-0.25, -0.2) is 0 Å². The summed E-state index contributed by atoms with van der Waals surface area (Å²) in [4.78, 5) is 4.47. The Morgan fingerprint density at radius 2 is 1.68 bits per heavy atom. The molecular formula is C19H21NO5. The summed E-state index contributed by atoms with van der Waals surface area (Å²) in [6, 6.07) is 11.2. The van der Waals surface area contributed by atoms with E-state index in [1.807, 2.05) is 30.3 Å². The second-order valence-electron chi connectivity index (χ2n) is 5.44. The van der Waals surface area contributed by atoms with Crippen LogP contribution in [0.4, 0.5) is 0 Å². The third-order valence-electron chi connectivity index (χ3n) is 3.84. The number of ether oxygens (including phenoxy) is 5. The van der Waals surface area contributed by atoms with Crippen molar-refractivity contribution in [1.29, 1.82) is 0 Å². The fourth-order valence-corrected chi connectivity index (χ4v) is 2.58. The molecule has 1 aliphatic heterocycles. The van der Waals surface area contributed by atoms with Gasteiger partial charge in [0.2, 0.25) is 0 Å². The van der Waals surface area contributed by atoms with Crippen LogP contribution >= 0.6 is 0 Å². The van der Waals surface area contributed by atoms with E-state index in [0.29, 0.717) is 30.4 Å². The van der Waals surface area contributed by atoms with Crippen LogP contribution in [0.3, 0.4) is 0 Å². The van der Waals surface area contributed by atoms with Gasteiger partial charge in [-0.3, -0.25) is 4.99 Å². The smallest absolute Gasteiger partial charge is 0.164 e. The number of para-hydroxylation sites is 2. The average molecular weight is 343 g/mol. The molecule has 0 saturated heterocycles. The van der Waals surface area contributed by atoms with E-state index >= 15 is 0 Å². The predicted octanol–water partition coefficient (Wildman–Crippen LogP) is 2.97. The summed E-state index contributed by atoms with van der Waals surface area (Å²) in [6.45, 7) is 0.948. The highest BCUT2D eigenvalue weighted by molar-refractivity contribution is 5.85. The third-order valence-corrected chi connectivity index (χ3v) is 3.84. The van der Waals surface area contributed by atoms with Crippen LogP contribution in [0.1, 0.15) is 5.56 Å². The first-order chi connectivity index (χ1) is 12.2. The summed E-state index contributed by atoms with van der Waals surface area (Å²) in [5.41, 5.74) is 0.803. The number of aliphatic imine (C=N–C) groups is 1. The van der Waals surface area contributed by atoms with E-state index in [4.69, 9.17) is 23.7 Å². The molecule has 0 amide bonds. The molecule has 25 heavy (non-hydrogen) atoms. The van der Waals surface area contributed by atoms with Crippen molar-refractivity contribution in [3.05, 3.63) is 42.0 Å². The fraction of sp³-hybridized carbons (Fsp3) is 0.316. The third kappa shape index (κ3) is 3.79. The number of rotatable bonds is 6. The number of hydrogen-bond donors (Lipinski definition) is 0. The lowest BCUT2D eigenvalue weighted by Crippen LogP contribution is -2.31. The maximum absolute atomic E-state index is 5.89. The topological polar surface area (TPSA) is 58.5 Å².